The van der Waals surface area contributed by atoms with E-state index >= 15 is 0 Å². The first kappa shape index (κ1) is 12.0. The monoisotopic (exact) mass is 269 g/mol. The summed E-state index contributed by atoms with van der Waals surface area (Å²) in [5.74, 6) is -0.274. The maximum Gasteiger partial charge on any atom is 0.268 e. The minimum atomic E-state index is -0.274. The molecule has 88 valence electrons. The summed E-state index contributed by atoms with van der Waals surface area (Å²) in [5, 5.41) is 3.29. The Hall–Kier alpha value is -1.52. The molecule has 2 heterocycles. The van der Waals surface area contributed by atoms with Crippen LogP contribution in [-0.4, -0.2) is 15.9 Å². The number of rotatable bonds is 3. The molecule has 0 radical (unpaired) electrons. The van der Waals surface area contributed by atoms with Gasteiger partial charge in [-0.05, 0) is 18.2 Å². The molecule has 2 aromatic heterocycles. The average molecular weight is 270 g/mol. The Labute approximate surface area is 108 Å². The Kier molecular flexibility index (Phi) is 3.66. The predicted octanol–water partition coefficient (Wildman–Crippen LogP) is 2.65. The topological polar surface area (TPSA) is 57.8 Å². The first-order valence-electron chi connectivity index (χ1n) is 4.89. The SMILES string of the molecule is O=C(NCc1ccccn1)c1cc(Cl)c(Cl)[nH]1. The lowest BCUT2D eigenvalue weighted by Gasteiger charge is -2.02. The molecule has 0 aromatic carbocycles. The molecule has 0 atom stereocenters. The number of amides is 1. The quantitative estimate of drug-likeness (QED) is 0.900. The third-order valence-corrected chi connectivity index (χ3v) is 2.82. The van der Waals surface area contributed by atoms with Gasteiger partial charge in [-0.1, -0.05) is 29.3 Å². The van der Waals surface area contributed by atoms with Crippen LogP contribution in [0.3, 0.4) is 0 Å². The molecule has 6 heteroatoms. The lowest BCUT2D eigenvalue weighted by molar-refractivity contribution is 0.0946. The van der Waals surface area contributed by atoms with E-state index in [1.807, 2.05) is 18.2 Å². The normalized spacial score (nSPS) is 10.2. The van der Waals surface area contributed by atoms with Gasteiger partial charge >= 0.3 is 0 Å². The molecule has 17 heavy (non-hydrogen) atoms. The molecule has 0 aliphatic carbocycles. The van der Waals surface area contributed by atoms with Gasteiger partial charge in [-0.15, -0.1) is 0 Å². The molecule has 2 rings (SSSR count). The van der Waals surface area contributed by atoms with Crippen LogP contribution in [0.1, 0.15) is 16.2 Å². The number of H-pyrrole nitrogens is 1. The standard InChI is InChI=1S/C11H9Cl2N3O/c12-8-5-9(16-10(8)13)11(17)15-6-7-3-1-2-4-14-7/h1-5,16H,6H2,(H,15,17). The average Bonchev–Trinajstić information content (AvgIpc) is 2.68. The number of aromatic nitrogens is 2. The van der Waals surface area contributed by atoms with E-state index in [2.05, 4.69) is 15.3 Å². The van der Waals surface area contributed by atoms with E-state index < -0.39 is 0 Å². The van der Waals surface area contributed by atoms with Gasteiger partial charge in [-0.25, -0.2) is 0 Å². The van der Waals surface area contributed by atoms with Gasteiger partial charge in [0.25, 0.3) is 5.91 Å². The molecule has 1 amide bonds. The van der Waals surface area contributed by atoms with Crippen LogP contribution in [0.2, 0.25) is 10.2 Å². The fourth-order valence-corrected chi connectivity index (χ4v) is 1.61. The molecule has 0 fully saturated rings. The Morgan fingerprint density at radius 2 is 2.24 bits per heavy atom. The molecular formula is C11H9Cl2N3O. The largest absolute Gasteiger partial charge is 0.345 e. The van der Waals surface area contributed by atoms with Crippen molar-refractivity contribution in [3.8, 4) is 0 Å². The number of halogens is 2. The Balaban J connectivity index is 1.98. The Morgan fingerprint density at radius 1 is 1.41 bits per heavy atom. The second kappa shape index (κ2) is 5.21. The van der Waals surface area contributed by atoms with Crippen molar-refractivity contribution in [2.75, 3.05) is 0 Å². The molecular weight excluding hydrogens is 261 g/mol. The van der Waals surface area contributed by atoms with Gasteiger partial charge < -0.3 is 10.3 Å². The van der Waals surface area contributed by atoms with Crippen LogP contribution in [0, 0.1) is 0 Å². The number of carbonyl (C=O) groups excluding carboxylic acids is 1. The number of nitrogens with one attached hydrogen (secondary N) is 2. The van der Waals surface area contributed by atoms with Crippen LogP contribution < -0.4 is 5.32 Å². The van der Waals surface area contributed by atoms with E-state index in [0.29, 0.717) is 17.3 Å². The van der Waals surface area contributed by atoms with Gasteiger partial charge in [0.05, 0.1) is 17.3 Å². The maximum atomic E-state index is 11.7. The highest BCUT2D eigenvalue weighted by Crippen LogP contribution is 2.21. The third kappa shape index (κ3) is 2.99. The van der Waals surface area contributed by atoms with Crippen molar-refractivity contribution in [1.82, 2.24) is 15.3 Å². The highest BCUT2D eigenvalue weighted by atomic mass is 35.5. The Bertz CT molecular complexity index is 505. The highest BCUT2D eigenvalue weighted by molar-refractivity contribution is 6.41. The van der Waals surface area contributed by atoms with E-state index in [-0.39, 0.29) is 11.1 Å². The summed E-state index contributed by atoms with van der Waals surface area (Å²) in [6.07, 6.45) is 1.67. The minimum absolute atomic E-state index is 0.259. The van der Waals surface area contributed by atoms with Crippen molar-refractivity contribution >= 4 is 29.1 Å². The molecule has 0 spiro atoms. The van der Waals surface area contributed by atoms with Gasteiger partial charge in [-0.2, -0.15) is 0 Å². The highest BCUT2D eigenvalue weighted by Gasteiger charge is 2.11. The van der Waals surface area contributed by atoms with Crippen molar-refractivity contribution in [2.45, 2.75) is 6.54 Å². The predicted molar refractivity (Wildman–Crippen MR) is 66.2 cm³/mol. The summed E-state index contributed by atoms with van der Waals surface area (Å²) in [7, 11) is 0. The second-order valence-electron chi connectivity index (χ2n) is 3.35. The number of pyridine rings is 1. The first-order chi connectivity index (χ1) is 8.16. The van der Waals surface area contributed by atoms with Crippen molar-refractivity contribution in [3.63, 3.8) is 0 Å². The lowest BCUT2D eigenvalue weighted by Crippen LogP contribution is -2.23. The molecule has 0 aliphatic heterocycles. The molecule has 0 saturated heterocycles. The summed E-state index contributed by atoms with van der Waals surface area (Å²) in [6.45, 7) is 0.355. The van der Waals surface area contributed by atoms with Crippen LogP contribution in [0.5, 0.6) is 0 Å². The number of hydrogen-bond acceptors (Lipinski definition) is 2. The number of carbonyl (C=O) groups is 1. The summed E-state index contributed by atoms with van der Waals surface area (Å²) in [6, 6.07) is 6.99. The number of aromatic amines is 1. The van der Waals surface area contributed by atoms with E-state index in [1.165, 1.54) is 6.07 Å². The minimum Gasteiger partial charge on any atom is -0.345 e. The zero-order chi connectivity index (χ0) is 12.3. The summed E-state index contributed by atoms with van der Waals surface area (Å²) in [4.78, 5) is 18.5. The molecule has 4 nitrogen and oxygen atoms in total. The molecule has 0 saturated carbocycles. The fourth-order valence-electron chi connectivity index (χ4n) is 1.30. The van der Waals surface area contributed by atoms with E-state index in [1.54, 1.807) is 6.20 Å². The Morgan fingerprint density at radius 3 is 2.82 bits per heavy atom. The molecule has 2 aromatic rings. The van der Waals surface area contributed by atoms with Gasteiger partial charge in [-0.3, -0.25) is 9.78 Å². The van der Waals surface area contributed by atoms with Crippen molar-refractivity contribution in [3.05, 3.63) is 52.0 Å². The zero-order valence-corrected chi connectivity index (χ0v) is 10.2. The van der Waals surface area contributed by atoms with Crippen LogP contribution in [-0.2, 0) is 6.54 Å². The summed E-state index contributed by atoms with van der Waals surface area (Å²) >= 11 is 11.4. The van der Waals surface area contributed by atoms with Crippen molar-refractivity contribution in [2.24, 2.45) is 0 Å². The number of hydrogen-bond donors (Lipinski definition) is 2. The van der Waals surface area contributed by atoms with E-state index in [0.717, 1.165) is 5.69 Å². The van der Waals surface area contributed by atoms with Crippen molar-refractivity contribution < 1.29 is 4.79 Å². The lowest BCUT2D eigenvalue weighted by atomic mass is 10.3. The molecule has 2 N–H and O–H groups in total. The van der Waals surface area contributed by atoms with Crippen LogP contribution in [0.15, 0.2) is 30.5 Å². The molecule has 0 aliphatic rings. The molecule has 0 unspecified atom stereocenters. The van der Waals surface area contributed by atoms with Gasteiger partial charge in [0.1, 0.15) is 10.8 Å². The van der Waals surface area contributed by atoms with Crippen molar-refractivity contribution in [1.29, 1.82) is 0 Å². The van der Waals surface area contributed by atoms with Gasteiger partial charge in [0, 0.05) is 6.20 Å². The number of nitrogens with zero attached hydrogens (tertiary/aromatic N) is 1. The zero-order valence-electron chi connectivity index (χ0n) is 8.71. The fraction of sp³-hybridized carbons (Fsp3) is 0.0909. The van der Waals surface area contributed by atoms with Gasteiger partial charge in [0.2, 0.25) is 0 Å². The second-order valence-corrected chi connectivity index (χ2v) is 4.13. The third-order valence-electron chi connectivity index (χ3n) is 2.13. The summed E-state index contributed by atoms with van der Waals surface area (Å²) < 4.78 is 0. The first-order valence-corrected chi connectivity index (χ1v) is 5.64. The van der Waals surface area contributed by atoms with Gasteiger partial charge in [0.15, 0.2) is 0 Å². The van der Waals surface area contributed by atoms with E-state index in [9.17, 15) is 4.79 Å². The van der Waals surface area contributed by atoms with E-state index in [4.69, 9.17) is 23.2 Å². The summed E-state index contributed by atoms with van der Waals surface area (Å²) in [5.41, 5.74) is 1.11. The smallest absolute Gasteiger partial charge is 0.268 e. The van der Waals surface area contributed by atoms with Crippen LogP contribution in [0.4, 0.5) is 0 Å². The molecule has 0 bridgehead atoms. The van der Waals surface area contributed by atoms with Crippen LogP contribution >= 0.6 is 23.2 Å². The maximum absolute atomic E-state index is 11.7. The van der Waals surface area contributed by atoms with Crippen LogP contribution in [0.25, 0.3) is 0 Å².